The summed E-state index contributed by atoms with van der Waals surface area (Å²) in [6.07, 6.45) is 6.41. The van der Waals surface area contributed by atoms with Gasteiger partial charge in [-0.2, -0.15) is 0 Å². The number of nitro benzene ring substituents is 1. The zero-order valence-electron chi connectivity index (χ0n) is 23.1. The van der Waals surface area contributed by atoms with Gasteiger partial charge in [-0.3, -0.25) is 10.1 Å². The van der Waals surface area contributed by atoms with Gasteiger partial charge < -0.3 is 9.47 Å². The molecule has 0 radical (unpaired) electrons. The van der Waals surface area contributed by atoms with E-state index in [4.69, 9.17) is 14.5 Å². The normalized spacial score (nSPS) is 13.5. The molecule has 0 bridgehead atoms. The van der Waals surface area contributed by atoms with Crippen molar-refractivity contribution in [1.29, 1.82) is 0 Å². The van der Waals surface area contributed by atoms with Gasteiger partial charge in [0.2, 0.25) is 0 Å². The molecule has 0 saturated heterocycles. The highest BCUT2D eigenvalue weighted by molar-refractivity contribution is 6.04. The molecule has 0 amide bonds. The van der Waals surface area contributed by atoms with E-state index in [0.717, 1.165) is 27.7 Å². The smallest absolute Gasteiger partial charge is 0.339 e. The SMILES string of the molecule is O=C(OCc1cccc(Oc2ccc([N+](=O)[O-])cc2)c1)c1cc(-c2ccc(C3CCCCC3)cc2)nc2ccccc12. The second-order valence-corrected chi connectivity index (χ2v) is 10.6. The zero-order valence-corrected chi connectivity index (χ0v) is 23.1. The molecule has 1 heterocycles. The molecular weight excluding hydrogens is 528 g/mol. The number of hydrogen-bond acceptors (Lipinski definition) is 6. The van der Waals surface area contributed by atoms with Crippen LogP contribution < -0.4 is 4.74 Å². The van der Waals surface area contributed by atoms with Gasteiger partial charge in [0.25, 0.3) is 5.69 Å². The Balaban J connectivity index is 1.19. The number of non-ortho nitro benzene ring substituents is 1. The molecule has 0 atom stereocenters. The van der Waals surface area contributed by atoms with Crippen LogP contribution in [-0.4, -0.2) is 15.9 Å². The molecule has 0 aliphatic heterocycles. The molecule has 0 spiro atoms. The minimum absolute atomic E-state index is 0.00809. The molecule has 1 saturated carbocycles. The molecule has 1 aromatic heterocycles. The number of nitrogens with zero attached hydrogens (tertiary/aromatic N) is 2. The number of nitro groups is 1. The summed E-state index contributed by atoms with van der Waals surface area (Å²) >= 11 is 0. The Kier molecular flexibility index (Phi) is 7.90. The topological polar surface area (TPSA) is 91.6 Å². The third-order valence-electron chi connectivity index (χ3n) is 7.77. The summed E-state index contributed by atoms with van der Waals surface area (Å²) in [7, 11) is 0. The summed E-state index contributed by atoms with van der Waals surface area (Å²) in [5, 5.41) is 11.6. The lowest BCUT2D eigenvalue weighted by atomic mass is 9.84. The number of hydrogen-bond donors (Lipinski definition) is 0. The second kappa shape index (κ2) is 12.2. The maximum atomic E-state index is 13.4. The highest BCUT2D eigenvalue weighted by atomic mass is 16.6. The summed E-state index contributed by atoms with van der Waals surface area (Å²) in [4.78, 5) is 28.7. The lowest BCUT2D eigenvalue weighted by Crippen LogP contribution is -2.07. The van der Waals surface area contributed by atoms with E-state index in [1.807, 2.05) is 36.4 Å². The second-order valence-electron chi connectivity index (χ2n) is 10.6. The summed E-state index contributed by atoms with van der Waals surface area (Å²) in [6.45, 7) is 0.0539. The molecule has 5 aromatic rings. The third kappa shape index (κ3) is 6.15. The maximum Gasteiger partial charge on any atom is 0.339 e. The Labute approximate surface area is 243 Å². The van der Waals surface area contributed by atoms with E-state index in [0.29, 0.717) is 23.0 Å². The van der Waals surface area contributed by atoms with Gasteiger partial charge in [-0.25, -0.2) is 9.78 Å². The van der Waals surface area contributed by atoms with Crippen molar-refractivity contribution in [1.82, 2.24) is 4.98 Å². The first-order valence-electron chi connectivity index (χ1n) is 14.2. The molecule has 4 aromatic carbocycles. The minimum Gasteiger partial charge on any atom is -0.457 e. The van der Waals surface area contributed by atoms with E-state index in [2.05, 4.69) is 24.3 Å². The van der Waals surface area contributed by atoms with Gasteiger partial charge in [-0.15, -0.1) is 0 Å². The predicted octanol–water partition coefficient (Wildman–Crippen LogP) is 9.01. The Morgan fingerprint density at radius 3 is 2.36 bits per heavy atom. The molecule has 210 valence electrons. The summed E-state index contributed by atoms with van der Waals surface area (Å²) < 4.78 is 11.6. The lowest BCUT2D eigenvalue weighted by molar-refractivity contribution is -0.384. The number of para-hydroxylation sites is 1. The van der Waals surface area contributed by atoms with Gasteiger partial charge in [-0.05, 0) is 66.3 Å². The number of pyridine rings is 1. The molecule has 42 heavy (non-hydrogen) atoms. The van der Waals surface area contributed by atoms with Crippen molar-refractivity contribution in [2.24, 2.45) is 0 Å². The highest BCUT2D eigenvalue weighted by Crippen LogP contribution is 2.34. The largest absolute Gasteiger partial charge is 0.457 e. The van der Waals surface area contributed by atoms with E-state index in [1.54, 1.807) is 30.3 Å². The van der Waals surface area contributed by atoms with Crippen LogP contribution in [0.2, 0.25) is 0 Å². The number of carbonyl (C=O) groups excluding carboxylic acids is 1. The van der Waals surface area contributed by atoms with Gasteiger partial charge in [-0.1, -0.05) is 73.9 Å². The van der Waals surface area contributed by atoms with Crippen LogP contribution in [0.3, 0.4) is 0 Å². The van der Waals surface area contributed by atoms with Gasteiger partial charge in [0, 0.05) is 23.1 Å². The maximum absolute atomic E-state index is 13.4. The van der Waals surface area contributed by atoms with Crippen LogP contribution in [-0.2, 0) is 11.3 Å². The van der Waals surface area contributed by atoms with Crippen LogP contribution in [0.1, 0.15) is 59.5 Å². The molecule has 1 aliphatic rings. The molecule has 0 unspecified atom stereocenters. The number of aromatic nitrogens is 1. The number of esters is 1. The lowest BCUT2D eigenvalue weighted by Gasteiger charge is -2.22. The first-order valence-corrected chi connectivity index (χ1v) is 14.2. The number of carbonyl (C=O) groups is 1. The summed E-state index contributed by atoms with van der Waals surface area (Å²) in [5.41, 5.74) is 5.01. The number of ether oxygens (including phenoxy) is 2. The van der Waals surface area contributed by atoms with Crippen LogP contribution in [0.4, 0.5) is 5.69 Å². The van der Waals surface area contributed by atoms with Crippen LogP contribution in [0.15, 0.2) is 103 Å². The molecule has 1 fully saturated rings. The van der Waals surface area contributed by atoms with E-state index < -0.39 is 10.9 Å². The van der Waals surface area contributed by atoms with Crippen LogP contribution in [0, 0.1) is 10.1 Å². The fourth-order valence-electron chi connectivity index (χ4n) is 5.55. The Bertz CT molecular complexity index is 1730. The molecule has 0 N–H and O–H groups in total. The first kappa shape index (κ1) is 27.1. The van der Waals surface area contributed by atoms with Crippen LogP contribution in [0.25, 0.3) is 22.2 Å². The monoisotopic (exact) mass is 558 g/mol. The van der Waals surface area contributed by atoms with Crippen molar-refractivity contribution >= 4 is 22.6 Å². The van der Waals surface area contributed by atoms with Crippen molar-refractivity contribution < 1.29 is 19.2 Å². The van der Waals surface area contributed by atoms with E-state index in [9.17, 15) is 14.9 Å². The fraction of sp³-hybridized carbons (Fsp3) is 0.200. The van der Waals surface area contributed by atoms with Gasteiger partial charge in [0.05, 0.1) is 21.7 Å². The van der Waals surface area contributed by atoms with E-state index >= 15 is 0 Å². The van der Waals surface area contributed by atoms with Crippen molar-refractivity contribution in [2.75, 3.05) is 0 Å². The Hall–Kier alpha value is -5.04. The van der Waals surface area contributed by atoms with Crippen molar-refractivity contribution in [3.8, 4) is 22.8 Å². The highest BCUT2D eigenvalue weighted by Gasteiger charge is 2.18. The molecule has 6 rings (SSSR count). The van der Waals surface area contributed by atoms with Gasteiger partial charge in [0.1, 0.15) is 18.1 Å². The fourth-order valence-corrected chi connectivity index (χ4v) is 5.55. The standard InChI is InChI=1S/C35H30N2O5/c38-35(41-23-24-7-6-10-30(21-24)42-29-19-17-28(18-20-29)37(39)40)32-22-34(36-33-12-5-4-11-31(32)33)27-15-13-26(14-16-27)25-8-2-1-3-9-25/h4-7,10-22,25H,1-3,8-9,23H2. The van der Waals surface area contributed by atoms with Crippen LogP contribution in [0.5, 0.6) is 11.5 Å². The number of benzene rings is 4. The molecular formula is C35H30N2O5. The van der Waals surface area contributed by atoms with Crippen molar-refractivity contribution in [2.45, 2.75) is 44.6 Å². The quantitative estimate of drug-likeness (QED) is 0.107. The first-order chi connectivity index (χ1) is 20.5. The van der Waals surface area contributed by atoms with Crippen molar-refractivity contribution in [3.05, 3.63) is 130 Å². The predicted molar refractivity (Wildman–Crippen MR) is 162 cm³/mol. The van der Waals surface area contributed by atoms with Crippen molar-refractivity contribution in [3.63, 3.8) is 0 Å². The third-order valence-corrected chi connectivity index (χ3v) is 7.77. The summed E-state index contributed by atoms with van der Waals surface area (Å²) in [6, 6.07) is 31.1. The van der Waals surface area contributed by atoms with E-state index in [1.165, 1.54) is 49.8 Å². The van der Waals surface area contributed by atoms with Gasteiger partial charge >= 0.3 is 5.97 Å². The van der Waals surface area contributed by atoms with Crippen LogP contribution >= 0.6 is 0 Å². The molecule has 7 nitrogen and oxygen atoms in total. The number of fused-ring (bicyclic) bond motifs is 1. The van der Waals surface area contributed by atoms with E-state index in [-0.39, 0.29) is 12.3 Å². The molecule has 1 aliphatic carbocycles. The van der Waals surface area contributed by atoms with Gasteiger partial charge in [0.15, 0.2) is 0 Å². The Morgan fingerprint density at radius 1 is 0.833 bits per heavy atom. The Morgan fingerprint density at radius 2 is 1.60 bits per heavy atom. The average Bonchev–Trinajstić information content (AvgIpc) is 3.04. The number of rotatable bonds is 8. The average molecular weight is 559 g/mol. The zero-order chi connectivity index (χ0) is 28.9. The molecule has 7 heteroatoms. The summed E-state index contributed by atoms with van der Waals surface area (Å²) in [5.74, 6) is 1.19. The minimum atomic E-state index is -0.457.